The largest absolute Gasteiger partial charge is 0.497 e. The summed E-state index contributed by atoms with van der Waals surface area (Å²) >= 11 is 5.85. The molecule has 0 radical (unpaired) electrons. The van der Waals surface area contributed by atoms with Crippen molar-refractivity contribution in [3.05, 3.63) is 29.3 Å². The van der Waals surface area contributed by atoms with Gasteiger partial charge in [-0.3, -0.25) is 0 Å². The number of hydrogen-bond donors (Lipinski definition) is 0. The highest BCUT2D eigenvalue weighted by molar-refractivity contribution is 6.18. The molecule has 0 N–H and O–H groups in total. The first kappa shape index (κ1) is 11.7. The fraction of sp³-hybridized carbons (Fsp3) is 0.273. The summed E-state index contributed by atoms with van der Waals surface area (Å²) in [6.07, 6.45) is 0. The van der Waals surface area contributed by atoms with Gasteiger partial charge >= 0.3 is 0 Å². The molecule has 0 unspecified atom stereocenters. The Hall–Kier alpha value is -1.35. The smallest absolute Gasteiger partial charge is 0.119 e. The third-order valence-corrected chi connectivity index (χ3v) is 2.35. The van der Waals surface area contributed by atoms with Crippen LogP contribution < -0.4 is 4.74 Å². The van der Waals surface area contributed by atoms with Crippen molar-refractivity contribution in [1.29, 1.82) is 0 Å². The molecule has 0 aliphatic rings. The molecule has 80 valence electrons. The molecule has 0 aromatic heterocycles. The summed E-state index contributed by atoms with van der Waals surface area (Å²) in [7, 11) is 1.62. The first-order chi connectivity index (χ1) is 7.22. The molecule has 0 saturated heterocycles. The van der Waals surface area contributed by atoms with Crippen LogP contribution in [0.2, 0.25) is 0 Å². The van der Waals surface area contributed by atoms with Crippen LogP contribution in [0.4, 0.5) is 0 Å². The monoisotopic (exact) mass is 224 g/mol. The van der Waals surface area contributed by atoms with Crippen molar-refractivity contribution in [2.75, 3.05) is 7.11 Å². The number of hydrogen-bond acceptors (Lipinski definition) is 3. The van der Waals surface area contributed by atoms with Crippen molar-refractivity contribution in [1.82, 2.24) is 0 Å². The van der Waals surface area contributed by atoms with Crippen molar-refractivity contribution < 1.29 is 4.74 Å². The molecule has 4 heteroatoms. The molecular formula is C11H13ClN2O. The fourth-order valence-corrected chi connectivity index (χ4v) is 1.54. The molecule has 0 atom stereocenters. The highest BCUT2D eigenvalue weighted by Crippen LogP contribution is 2.20. The molecule has 0 aliphatic heterocycles. The highest BCUT2D eigenvalue weighted by atomic mass is 35.5. The van der Waals surface area contributed by atoms with Gasteiger partial charge < -0.3 is 4.74 Å². The molecule has 0 saturated carbocycles. The second-order valence-corrected chi connectivity index (χ2v) is 3.25. The van der Waals surface area contributed by atoms with Gasteiger partial charge in [0.1, 0.15) is 5.75 Å². The van der Waals surface area contributed by atoms with Crippen LogP contribution in [0.5, 0.6) is 5.75 Å². The molecule has 0 amide bonds. The number of methoxy groups -OCH3 is 1. The summed E-state index contributed by atoms with van der Waals surface area (Å²) in [5.74, 6) is 1.20. The van der Waals surface area contributed by atoms with Crippen LogP contribution in [-0.2, 0) is 5.88 Å². The van der Waals surface area contributed by atoms with E-state index < -0.39 is 0 Å². The van der Waals surface area contributed by atoms with Crippen LogP contribution in [0, 0.1) is 0 Å². The van der Waals surface area contributed by atoms with Crippen molar-refractivity contribution in [3.8, 4) is 5.75 Å². The fourth-order valence-electron chi connectivity index (χ4n) is 1.32. The minimum absolute atomic E-state index is 0.413. The van der Waals surface area contributed by atoms with E-state index in [-0.39, 0.29) is 0 Å². The summed E-state index contributed by atoms with van der Waals surface area (Å²) in [4.78, 5) is 0. The van der Waals surface area contributed by atoms with E-state index in [0.29, 0.717) is 5.88 Å². The van der Waals surface area contributed by atoms with Crippen molar-refractivity contribution in [2.24, 2.45) is 10.2 Å². The number of halogens is 1. The topological polar surface area (TPSA) is 34.0 Å². The third kappa shape index (κ3) is 2.80. The molecule has 1 rings (SSSR count). The lowest BCUT2D eigenvalue weighted by Gasteiger charge is -2.08. The van der Waals surface area contributed by atoms with Crippen LogP contribution >= 0.6 is 11.6 Å². The quantitative estimate of drug-likeness (QED) is 0.440. The van der Waals surface area contributed by atoms with Gasteiger partial charge in [0, 0.05) is 18.2 Å². The zero-order valence-corrected chi connectivity index (χ0v) is 9.58. The van der Waals surface area contributed by atoms with Crippen molar-refractivity contribution in [3.63, 3.8) is 0 Å². The zero-order chi connectivity index (χ0) is 11.3. The first-order valence-corrected chi connectivity index (χ1v) is 5.00. The minimum Gasteiger partial charge on any atom is -0.497 e. The standard InChI is InChI=1S/C11H13ClN2O/c1-8(14-13-2)11-5-4-10(15-3)6-9(11)7-12/h4-6H,2,7H2,1,3H3/b14-8-. The van der Waals surface area contributed by atoms with E-state index in [9.17, 15) is 0 Å². The molecule has 0 aliphatic carbocycles. The van der Waals surface area contributed by atoms with Crippen LogP contribution in [0.3, 0.4) is 0 Å². The van der Waals surface area contributed by atoms with Crippen molar-refractivity contribution in [2.45, 2.75) is 12.8 Å². The summed E-state index contributed by atoms with van der Waals surface area (Å²) in [6.45, 7) is 5.19. The average Bonchev–Trinajstić information content (AvgIpc) is 2.28. The van der Waals surface area contributed by atoms with E-state index >= 15 is 0 Å². The third-order valence-electron chi connectivity index (χ3n) is 2.07. The van der Waals surface area contributed by atoms with Gasteiger partial charge in [0.05, 0.1) is 12.8 Å². The van der Waals surface area contributed by atoms with E-state index in [4.69, 9.17) is 16.3 Å². The SMILES string of the molecule is C=N/N=C(/C)c1ccc(OC)cc1CCl. The Kier molecular flexibility index (Phi) is 4.31. The van der Waals surface area contributed by atoms with Gasteiger partial charge in [-0.25, -0.2) is 0 Å². The van der Waals surface area contributed by atoms with Crippen LogP contribution in [0.1, 0.15) is 18.1 Å². The molecule has 0 fully saturated rings. The highest BCUT2D eigenvalue weighted by Gasteiger charge is 2.06. The lowest BCUT2D eigenvalue weighted by atomic mass is 10.0. The Morgan fingerprint density at radius 3 is 2.80 bits per heavy atom. The molecule has 0 heterocycles. The van der Waals surface area contributed by atoms with Gasteiger partial charge in [-0.15, -0.1) is 11.6 Å². The minimum atomic E-state index is 0.413. The Labute approximate surface area is 94.4 Å². The first-order valence-electron chi connectivity index (χ1n) is 4.46. The van der Waals surface area contributed by atoms with E-state index in [2.05, 4.69) is 16.9 Å². The molecular weight excluding hydrogens is 212 g/mol. The van der Waals surface area contributed by atoms with Gasteiger partial charge in [-0.05, 0) is 30.7 Å². The van der Waals surface area contributed by atoms with Gasteiger partial charge in [0.15, 0.2) is 0 Å². The number of nitrogens with zero attached hydrogens (tertiary/aromatic N) is 2. The zero-order valence-electron chi connectivity index (χ0n) is 8.83. The second kappa shape index (κ2) is 5.51. The average molecular weight is 225 g/mol. The maximum Gasteiger partial charge on any atom is 0.119 e. The molecule has 0 spiro atoms. The molecule has 0 bridgehead atoms. The van der Waals surface area contributed by atoms with Crippen LogP contribution in [0.15, 0.2) is 28.4 Å². The van der Waals surface area contributed by atoms with E-state index in [1.807, 2.05) is 25.1 Å². The van der Waals surface area contributed by atoms with E-state index in [0.717, 1.165) is 22.6 Å². The van der Waals surface area contributed by atoms with E-state index in [1.165, 1.54) is 0 Å². The number of alkyl halides is 1. The lowest BCUT2D eigenvalue weighted by Crippen LogP contribution is -1.99. The lowest BCUT2D eigenvalue weighted by molar-refractivity contribution is 0.414. The van der Waals surface area contributed by atoms with Gasteiger partial charge in [0.25, 0.3) is 0 Å². The number of rotatable bonds is 4. The Morgan fingerprint density at radius 2 is 2.27 bits per heavy atom. The molecule has 1 aromatic rings. The normalized spacial score (nSPS) is 11.3. The predicted molar refractivity (Wildman–Crippen MR) is 64.3 cm³/mol. The maximum absolute atomic E-state index is 5.85. The van der Waals surface area contributed by atoms with E-state index in [1.54, 1.807) is 7.11 Å². The van der Waals surface area contributed by atoms with Gasteiger partial charge in [0.2, 0.25) is 0 Å². The van der Waals surface area contributed by atoms with Crippen LogP contribution in [0.25, 0.3) is 0 Å². The summed E-state index contributed by atoms with van der Waals surface area (Å²) in [6, 6.07) is 5.68. The van der Waals surface area contributed by atoms with Gasteiger partial charge in [-0.1, -0.05) is 0 Å². The van der Waals surface area contributed by atoms with Crippen LogP contribution in [-0.4, -0.2) is 19.5 Å². The number of ether oxygens (including phenoxy) is 1. The maximum atomic E-state index is 5.85. The van der Waals surface area contributed by atoms with Crippen molar-refractivity contribution >= 4 is 24.0 Å². The van der Waals surface area contributed by atoms with Gasteiger partial charge in [-0.2, -0.15) is 10.2 Å². The predicted octanol–water partition coefficient (Wildman–Crippen LogP) is 2.86. The second-order valence-electron chi connectivity index (χ2n) is 2.98. The molecule has 1 aromatic carbocycles. The molecule has 15 heavy (non-hydrogen) atoms. The Bertz CT molecular complexity index is 388. The molecule has 3 nitrogen and oxygen atoms in total. The summed E-state index contributed by atoms with van der Waals surface area (Å²) < 4.78 is 5.12. The Morgan fingerprint density at radius 1 is 1.53 bits per heavy atom. The summed E-state index contributed by atoms with van der Waals surface area (Å²) in [5, 5.41) is 7.38. The Balaban J connectivity index is 3.18. The number of benzene rings is 1. The summed E-state index contributed by atoms with van der Waals surface area (Å²) in [5.41, 5.74) is 2.74.